The van der Waals surface area contributed by atoms with E-state index < -0.39 is 0 Å². The molecule has 1 aliphatic rings. The zero-order chi connectivity index (χ0) is 15.0. The van der Waals surface area contributed by atoms with E-state index in [9.17, 15) is 5.26 Å². The number of fused-ring (bicyclic) bond motifs is 3. The van der Waals surface area contributed by atoms with Gasteiger partial charge in [0, 0.05) is 12.1 Å². The Hall–Kier alpha value is -2.34. The molecule has 3 heteroatoms. The van der Waals surface area contributed by atoms with E-state index in [2.05, 4.69) is 49.5 Å². The maximum atomic E-state index is 9.34. The van der Waals surface area contributed by atoms with Crippen LogP contribution >= 0.6 is 0 Å². The number of nitrogens with one attached hydrogen (secondary N) is 1. The summed E-state index contributed by atoms with van der Waals surface area (Å²) in [5, 5.41) is 12.5. The third-order valence-corrected chi connectivity index (χ3v) is 4.11. The number of hydrogen-bond acceptors (Lipinski definition) is 3. The summed E-state index contributed by atoms with van der Waals surface area (Å²) in [6.45, 7) is 7.27. The van der Waals surface area contributed by atoms with E-state index in [0.717, 1.165) is 24.2 Å². The summed E-state index contributed by atoms with van der Waals surface area (Å²) in [5.74, 6) is 0.688. The van der Waals surface area contributed by atoms with Gasteiger partial charge in [-0.25, -0.2) is 4.98 Å². The largest absolute Gasteiger partial charge is 0.369 e. The fourth-order valence-electron chi connectivity index (χ4n) is 3.16. The maximum absolute atomic E-state index is 9.34. The molecule has 0 radical (unpaired) electrons. The van der Waals surface area contributed by atoms with Crippen LogP contribution in [-0.4, -0.2) is 11.5 Å². The molecule has 0 saturated heterocycles. The molecule has 1 aliphatic carbocycles. The molecule has 106 valence electrons. The van der Waals surface area contributed by atoms with Crippen LogP contribution in [0.25, 0.3) is 11.3 Å². The van der Waals surface area contributed by atoms with Crippen molar-refractivity contribution in [1.82, 2.24) is 4.98 Å². The highest BCUT2D eigenvalue weighted by molar-refractivity contribution is 5.75. The minimum atomic E-state index is 0.0672. The Bertz CT molecular complexity index is 739. The lowest BCUT2D eigenvalue weighted by atomic mass is 9.71. The van der Waals surface area contributed by atoms with Gasteiger partial charge in [0.25, 0.3) is 0 Å². The van der Waals surface area contributed by atoms with Crippen molar-refractivity contribution in [2.75, 3.05) is 11.9 Å². The summed E-state index contributed by atoms with van der Waals surface area (Å²) < 4.78 is 0. The number of rotatable bonds is 2. The minimum Gasteiger partial charge on any atom is -0.369 e. The van der Waals surface area contributed by atoms with Crippen LogP contribution in [0.1, 0.15) is 37.5 Å². The van der Waals surface area contributed by atoms with E-state index in [0.29, 0.717) is 11.4 Å². The van der Waals surface area contributed by atoms with Gasteiger partial charge in [0.1, 0.15) is 11.9 Å². The Labute approximate surface area is 125 Å². The third kappa shape index (κ3) is 2.17. The summed E-state index contributed by atoms with van der Waals surface area (Å²) in [4.78, 5) is 4.75. The lowest BCUT2D eigenvalue weighted by Gasteiger charge is -2.33. The Balaban J connectivity index is 2.26. The van der Waals surface area contributed by atoms with Gasteiger partial charge in [0.15, 0.2) is 0 Å². The molecule has 1 heterocycles. The highest BCUT2D eigenvalue weighted by Gasteiger charge is 2.32. The van der Waals surface area contributed by atoms with Gasteiger partial charge in [-0.15, -0.1) is 0 Å². The van der Waals surface area contributed by atoms with Gasteiger partial charge < -0.3 is 5.32 Å². The number of pyridine rings is 1. The molecule has 0 fully saturated rings. The fraction of sp³-hybridized carbons (Fsp3) is 0.333. The van der Waals surface area contributed by atoms with Crippen molar-refractivity contribution in [3.05, 3.63) is 47.0 Å². The average Bonchev–Trinajstić information content (AvgIpc) is 2.47. The van der Waals surface area contributed by atoms with Crippen molar-refractivity contribution in [3.8, 4) is 17.3 Å². The van der Waals surface area contributed by atoms with E-state index in [1.165, 1.54) is 11.1 Å². The van der Waals surface area contributed by atoms with Crippen LogP contribution in [0, 0.1) is 11.3 Å². The summed E-state index contributed by atoms with van der Waals surface area (Å²) in [7, 11) is 0. The molecule has 0 saturated carbocycles. The highest BCUT2D eigenvalue weighted by atomic mass is 15.0. The zero-order valence-electron chi connectivity index (χ0n) is 12.7. The predicted molar refractivity (Wildman–Crippen MR) is 85.3 cm³/mol. The zero-order valence-corrected chi connectivity index (χ0v) is 12.7. The summed E-state index contributed by atoms with van der Waals surface area (Å²) in [5.41, 5.74) is 5.39. The Morgan fingerprint density at radius 1 is 1.33 bits per heavy atom. The van der Waals surface area contributed by atoms with Gasteiger partial charge in [-0.1, -0.05) is 38.1 Å². The number of nitriles is 1. The SMILES string of the molecule is CCNc1nc2c(cc1C#N)CC(C)(C)c1ccccc1-2. The molecular formula is C18H19N3. The molecule has 3 rings (SSSR count). The van der Waals surface area contributed by atoms with Crippen molar-refractivity contribution in [1.29, 1.82) is 5.26 Å². The van der Waals surface area contributed by atoms with Crippen LogP contribution in [0.3, 0.4) is 0 Å². The molecule has 0 bridgehead atoms. The van der Waals surface area contributed by atoms with Crippen LogP contribution in [0.5, 0.6) is 0 Å². The minimum absolute atomic E-state index is 0.0672. The van der Waals surface area contributed by atoms with Crippen LogP contribution in [0.2, 0.25) is 0 Å². The topological polar surface area (TPSA) is 48.7 Å². The molecule has 0 aliphatic heterocycles. The number of aromatic nitrogens is 1. The van der Waals surface area contributed by atoms with E-state index in [4.69, 9.17) is 4.98 Å². The molecule has 1 N–H and O–H groups in total. The Morgan fingerprint density at radius 2 is 2.10 bits per heavy atom. The highest BCUT2D eigenvalue weighted by Crippen LogP contribution is 2.42. The smallest absolute Gasteiger partial charge is 0.144 e. The molecule has 0 amide bonds. The number of hydrogen-bond donors (Lipinski definition) is 1. The first-order chi connectivity index (χ1) is 10.1. The second-order valence-electron chi connectivity index (χ2n) is 6.14. The summed E-state index contributed by atoms with van der Waals surface area (Å²) >= 11 is 0. The monoisotopic (exact) mass is 277 g/mol. The third-order valence-electron chi connectivity index (χ3n) is 4.11. The summed E-state index contributed by atoms with van der Waals surface area (Å²) in [6, 6.07) is 12.7. The van der Waals surface area contributed by atoms with E-state index in [-0.39, 0.29) is 5.41 Å². The first-order valence-electron chi connectivity index (χ1n) is 7.34. The van der Waals surface area contributed by atoms with Gasteiger partial charge >= 0.3 is 0 Å². The standard InChI is InChI=1S/C18H19N3/c1-4-20-17-13(11-19)9-12-10-18(2,3)15-8-6-5-7-14(15)16(12)21-17/h5-9H,4,10H2,1-3H3,(H,20,21). The van der Waals surface area contributed by atoms with Gasteiger partial charge in [-0.2, -0.15) is 5.26 Å². The van der Waals surface area contributed by atoms with Crippen molar-refractivity contribution in [3.63, 3.8) is 0 Å². The molecule has 0 atom stereocenters. The normalized spacial score (nSPS) is 14.8. The Morgan fingerprint density at radius 3 is 2.81 bits per heavy atom. The predicted octanol–water partition coefficient (Wildman–Crippen LogP) is 3.89. The van der Waals surface area contributed by atoms with Gasteiger partial charge in [0.2, 0.25) is 0 Å². The summed E-state index contributed by atoms with van der Waals surface area (Å²) in [6.07, 6.45) is 0.910. The van der Waals surface area contributed by atoms with Gasteiger partial charge in [0.05, 0.1) is 11.3 Å². The molecule has 0 spiro atoms. The Kier molecular flexibility index (Phi) is 3.17. The van der Waals surface area contributed by atoms with Gasteiger partial charge in [-0.05, 0) is 36.0 Å². The average molecular weight is 277 g/mol. The fourth-order valence-corrected chi connectivity index (χ4v) is 3.16. The van der Waals surface area contributed by atoms with E-state index >= 15 is 0 Å². The molecule has 0 unspecified atom stereocenters. The molecule has 1 aromatic carbocycles. The van der Waals surface area contributed by atoms with Gasteiger partial charge in [-0.3, -0.25) is 0 Å². The molecule has 21 heavy (non-hydrogen) atoms. The van der Waals surface area contributed by atoms with Crippen LogP contribution in [-0.2, 0) is 11.8 Å². The lowest BCUT2D eigenvalue weighted by molar-refractivity contribution is 0.515. The number of benzene rings is 1. The number of anilines is 1. The lowest BCUT2D eigenvalue weighted by Crippen LogP contribution is -2.26. The quantitative estimate of drug-likeness (QED) is 0.906. The van der Waals surface area contributed by atoms with Crippen molar-refractivity contribution < 1.29 is 0 Å². The van der Waals surface area contributed by atoms with E-state index in [1.54, 1.807) is 0 Å². The second-order valence-corrected chi connectivity index (χ2v) is 6.14. The first kappa shape index (κ1) is 13.6. The first-order valence-corrected chi connectivity index (χ1v) is 7.34. The van der Waals surface area contributed by atoms with Crippen LogP contribution < -0.4 is 5.32 Å². The molecule has 2 aromatic rings. The molecule has 1 aromatic heterocycles. The van der Waals surface area contributed by atoms with Crippen molar-refractivity contribution in [2.45, 2.75) is 32.6 Å². The van der Waals surface area contributed by atoms with Crippen molar-refractivity contribution >= 4 is 5.82 Å². The van der Waals surface area contributed by atoms with Crippen LogP contribution in [0.4, 0.5) is 5.82 Å². The maximum Gasteiger partial charge on any atom is 0.144 e. The molecule has 3 nitrogen and oxygen atoms in total. The number of nitrogens with zero attached hydrogens (tertiary/aromatic N) is 2. The second kappa shape index (κ2) is 4.89. The van der Waals surface area contributed by atoms with E-state index in [1.807, 2.05) is 13.0 Å². The van der Waals surface area contributed by atoms with Crippen molar-refractivity contribution in [2.24, 2.45) is 0 Å². The molecular weight excluding hydrogens is 258 g/mol. The van der Waals surface area contributed by atoms with Crippen LogP contribution in [0.15, 0.2) is 30.3 Å².